The van der Waals surface area contributed by atoms with Gasteiger partial charge in [-0.2, -0.15) is 0 Å². The predicted molar refractivity (Wildman–Crippen MR) is 101 cm³/mol. The van der Waals surface area contributed by atoms with Gasteiger partial charge >= 0.3 is 0 Å². The van der Waals surface area contributed by atoms with Gasteiger partial charge in [0.1, 0.15) is 0 Å². The van der Waals surface area contributed by atoms with Crippen molar-refractivity contribution in [3.05, 3.63) is 60.2 Å². The van der Waals surface area contributed by atoms with Crippen LogP contribution in [0.25, 0.3) is 11.1 Å². The normalized spacial score (nSPS) is 22.3. The number of rotatable bonds is 2. The van der Waals surface area contributed by atoms with E-state index in [1.54, 1.807) is 0 Å². The van der Waals surface area contributed by atoms with Crippen LogP contribution in [-0.2, 0) is 4.74 Å². The summed E-state index contributed by atoms with van der Waals surface area (Å²) in [7, 11) is 0. The molecule has 2 saturated heterocycles. The molecule has 0 bridgehead atoms. The standard InChI is InChI=1S/C22H25NO3/c24-20-11-6-16-26-22(20)12-14-23(15-13-22)21(25)19-10-5-4-9-18(19)17-7-2-1-3-8-17/h1-5,7-10,20,24H,6,11-16H2/t20-/m1/s1. The molecular weight excluding hydrogens is 326 g/mol. The molecule has 26 heavy (non-hydrogen) atoms. The zero-order chi connectivity index (χ0) is 18.0. The minimum Gasteiger partial charge on any atom is -0.390 e. The summed E-state index contributed by atoms with van der Waals surface area (Å²) in [6.07, 6.45) is 2.70. The molecule has 1 amide bonds. The van der Waals surface area contributed by atoms with Crippen molar-refractivity contribution in [2.24, 2.45) is 0 Å². The van der Waals surface area contributed by atoms with E-state index in [4.69, 9.17) is 4.74 Å². The molecule has 0 radical (unpaired) electrons. The maximum Gasteiger partial charge on any atom is 0.254 e. The van der Waals surface area contributed by atoms with Crippen molar-refractivity contribution in [1.29, 1.82) is 0 Å². The summed E-state index contributed by atoms with van der Waals surface area (Å²) in [6.45, 7) is 1.96. The highest BCUT2D eigenvalue weighted by molar-refractivity contribution is 6.00. The highest BCUT2D eigenvalue weighted by Gasteiger charge is 2.44. The van der Waals surface area contributed by atoms with E-state index in [0.717, 1.165) is 29.5 Å². The van der Waals surface area contributed by atoms with Crippen LogP contribution >= 0.6 is 0 Å². The lowest BCUT2D eigenvalue weighted by molar-refractivity contribution is -0.174. The molecule has 1 atom stereocenters. The van der Waals surface area contributed by atoms with Crippen LogP contribution in [-0.4, -0.2) is 47.3 Å². The largest absolute Gasteiger partial charge is 0.390 e. The van der Waals surface area contributed by atoms with Crippen LogP contribution in [0.3, 0.4) is 0 Å². The van der Waals surface area contributed by atoms with E-state index < -0.39 is 11.7 Å². The minimum atomic E-state index is -0.450. The van der Waals surface area contributed by atoms with Crippen LogP contribution in [0.4, 0.5) is 0 Å². The van der Waals surface area contributed by atoms with Crippen molar-refractivity contribution >= 4 is 5.91 Å². The maximum absolute atomic E-state index is 13.2. The lowest BCUT2D eigenvalue weighted by Crippen LogP contribution is -2.56. The van der Waals surface area contributed by atoms with E-state index in [0.29, 0.717) is 32.5 Å². The number of likely N-dealkylation sites (tertiary alicyclic amines) is 1. The molecule has 0 aliphatic carbocycles. The Kier molecular flexibility index (Phi) is 4.79. The van der Waals surface area contributed by atoms with Crippen molar-refractivity contribution in [1.82, 2.24) is 4.90 Å². The zero-order valence-electron chi connectivity index (χ0n) is 14.9. The number of hydrogen-bond acceptors (Lipinski definition) is 3. The van der Waals surface area contributed by atoms with Crippen LogP contribution in [0.1, 0.15) is 36.0 Å². The predicted octanol–water partition coefficient (Wildman–Crippen LogP) is 3.50. The van der Waals surface area contributed by atoms with E-state index in [-0.39, 0.29) is 5.91 Å². The Labute approximate surface area is 154 Å². The summed E-state index contributed by atoms with van der Waals surface area (Å²) in [5.41, 5.74) is 2.30. The van der Waals surface area contributed by atoms with Crippen LogP contribution < -0.4 is 0 Å². The molecule has 2 aliphatic heterocycles. The zero-order valence-corrected chi connectivity index (χ0v) is 14.9. The van der Waals surface area contributed by atoms with Gasteiger partial charge in [0.25, 0.3) is 5.91 Å². The van der Waals surface area contributed by atoms with Crippen molar-refractivity contribution in [3.8, 4) is 11.1 Å². The summed E-state index contributed by atoms with van der Waals surface area (Å²) in [5, 5.41) is 10.4. The minimum absolute atomic E-state index is 0.0598. The van der Waals surface area contributed by atoms with Crippen LogP contribution in [0.2, 0.25) is 0 Å². The molecule has 2 fully saturated rings. The first-order valence-corrected chi connectivity index (χ1v) is 9.45. The van der Waals surface area contributed by atoms with E-state index in [2.05, 4.69) is 0 Å². The first-order chi connectivity index (χ1) is 12.7. The third-order valence-corrected chi connectivity index (χ3v) is 5.76. The molecule has 0 saturated carbocycles. The highest BCUT2D eigenvalue weighted by Crippen LogP contribution is 2.36. The number of carbonyl (C=O) groups is 1. The lowest BCUT2D eigenvalue weighted by atomic mass is 9.82. The average Bonchev–Trinajstić information content (AvgIpc) is 2.71. The van der Waals surface area contributed by atoms with Gasteiger partial charge in [-0.25, -0.2) is 0 Å². The first kappa shape index (κ1) is 17.3. The topological polar surface area (TPSA) is 49.8 Å². The van der Waals surface area contributed by atoms with Gasteiger partial charge in [0.05, 0.1) is 11.7 Å². The second-order valence-corrected chi connectivity index (χ2v) is 7.28. The molecule has 4 rings (SSSR count). The van der Waals surface area contributed by atoms with Crippen molar-refractivity contribution in [2.75, 3.05) is 19.7 Å². The van der Waals surface area contributed by atoms with Gasteiger partial charge in [0.2, 0.25) is 0 Å². The van der Waals surface area contributed by atoms with Gasteiger partial charge in [-0.1, -0.05) is 48.5 Å². The fraction of sp³-hybridized carbons (Fsp3) is 0.409. The molecule has 0 aromatic heterocycles. The van der Waals surface area contributed by atoms with E-state index >= 15 is 0 Å². The van der Waals surface area contributed by atoms with Crippen molar-refractivity contribution < 1.29 is 14.6 Å². The number of ether oxygens (including phenoxy) is 1. The van der Waals surface area contributed by atoms with Crippen LogP contribution in [0.5, 0.6) is 0 Å². The van der Waals surface area contributed by atoms with Gasteiger partial charge in [0, 0.05) is 25.3 Å². The van der Waals surface area contributed by atoms with Crippen molar-refractivity contribution in [3.63, 3.8) is 0 Å². The number of piperidine rings is 1. The molecule has 2 aromatic rings. The molecule has 0 unspecified atom stereocenters. The molecule has 2 heterocycles. The Hall–Kier alpha value is -2.17. The third-order valence-electron chi connectivity index (χ3n) is 5.76. The van der Waals surface area contributed by atoms with Gasteiger partial charge in [-0.3, -0.25) is 4.79 Å². The smallest absolute Gasteiger partial charge is 0.254 e. The fourth-order valence-corrected chi connectivity index (χ4v) is 4.19. The Morgan fingerprint density at radius 3 is 2.46 bits per heavy atom. The average molecular weight is 351 g/mol. The molecule has 2 aliphatic rings. The lowest BCUT2D eigenvalue weighted by Gasteiger charge is -2.46. The first-order valence-electron chi connectivity index (χ1n) is 9.45. The Morgan fingerprint density at radius 1 is 1.04 bits per heavy atom. The molecule has 4 heteroatoms. The van der Waals surface area contributed by atoms with E-state index in [9.17, 15) is 9.90 Å². The highest BCUT2D eigenvalue weighted by atomic mass is 16.5. The number of nitrogens with zero attached hydrogens (tertiary/aromatic N) is 1. The number of benzene rings is 2. The van der Waals surface area contributed by atoms with Crippen LogP contribution in [0.15, 0.2) is 54.6 Å². The van der Waals surface area contributed by atoms with Gasteiger partial charge < -0.3 is 14.7 Å². The number of hydrogen-bond donors (Lipinski definition) is 1. The van der Waals surface area contributed by atoms with Gasteiger partial charge in [0.15, 0.2) is 0 Å². The summed E-state index contributed by atoms with van der Waals surface area (Å²) in [6, 6.07) is 17.8. The summed E-state index contributed by atoms with van der Waals surface area (Å²) in [4.78, 5) is 15.1. The molecule has 136 valence electrons. The summed E-state index contributed by atoms with van der Waals surface area (Å²) in [5.74, 6) is 0.0598. The van der Waals surface area contributed by atoms with E-state index in [1.165, 1.54) is 0 Å². The Bertz CT molecular complexity index is 766. The Balaban J connectivity index is 1.53. The van der Waals surface area contributed by atoms with E-state index in [1.807, 2.05) is 59.5 Å². The summed E-state index contributed by atoms with van der Waals surface area (Å²) >= 11 is 0. The van der Waals surface area contributed by atoms with Crippen molar-refractivity contribution in [2.45, 2.75) is 37.4 Å². The summed E-state index contributed by atoms with van der Waals surface area (Å²) < 4.78 is 5.96. The molecule has 2 aromatic carbocycles. The number of carbonyl (C=O) groups excluding carboxylic acids is 1. The maximum atomic E-state index is 13.2. The molecule has 1 spiro atoms. The molecular formula is C22H25NO3. The van der Waals surface area contributed by atoms with Gasteiger partial charge in [-0.15, -0.1) is 0 Å². The molecule has 1 N–H and O–H groups in total. The fourth-order valence-electron chi connectivity index (χ4n) is 4.19. The van der Waals surface area contributed by atoms with Crippen LogP contribution in [0, 0.1) is 0 Å². The number of amides is 1. The molecule has 4 nitrogen and oxygen atoms in total. The number of aliphatic hydroxyl groups is 1. The SMILES string of the molecule is O=C(c1ccccc1-c1ccccc1)N1CCC2(CC1)OCCC[C@H]2O. The monoisotopic (exact) mass is 351 g/mol. The quantitative estimate of drug-likeness (QED) is 0.901. The number of aliphatic hydroxyl groups excluding tert-OH is 1. The second kappa shape index (κ2) is 7.22. The Morgan fingerprint density at radius 2 is 1.73 bits per heavy atom. The van der Waals surface area contributed by atoms with Gasteiger partial charge in [-0.05, 0) is 42.9 Å². The third kappa shape index (κ3) is 3.15. The second-order valence-electron chi connectivity index (χ2n) is 7.28.